The summed E-state index contributed by atoms with van der Waals surface area (Å²) in [5.41, 5.74) is 3.42. The summed E-state index contributed by atoms with van der Waals surface area (Å²) >= 11 is 7.33. The van der Waals surface area contributed by atoms with E-state index in [1.54, 1.807) is 0 Å². The fourth-order valence-electron chi connectivity index (χ4n) is 3.35. The van der Waals surface area contributed by atoms with Gasteiger partial charge in [0.1, 0.15) is 11.5 Å². The van der Waals surface area contributed by atoms with Crippen LogP contribution in [0.5, 0.6) is 0 Å². The summed E-state index contributed by atoms with van der Waals surface area (Å²) in [6.45, 7) is 2.20. The van der Waals surface area contributed by atoms with Gasteiger partial charge in [0.05, 0.1) is 11.5 Å². The van der Waals surface area contributed by atoms with Crippen molar-refractivity contribution in [2.45, 2.75) is 37.9 Å². The first-order chi connectivity index (χ1) is 15.6. The van der Waals surface area contributed by atoms with E-state index in [0.29, 0.717) is 22.4 Å². The lowest BCUT2D eigenvalue weighted by Crippen LogP contribution is -2.25. The summed E-state index contributed by atoms with van der Waals surface area (Å²) in [5.74, 6) is 1.26. The highest BCUT2D eigenvalue weighted by Gasteiger charge is 2.30. The van der Waals surface area contributed by atoms with E-state index in [0.717, 1.165) is 23.3 Å². The zero-order valence-corrected chi connectivity index (χ0v) is 19.3. The largest absolute Gasteiger partial charge is 0.455 e. The fraction of sp³-hybridized carbons (Fsp3) is 0.240. The van der Waals surface area contributed by atoms with Crippen LogP contribution in [0.25, 0.3) is 11.3 Å². The van der Waals surface area contributed by atoms with E-state index < -0.39 is 0 Å². The predicted octanol–water partition coefficient (Wildman–Crippen LogP) is 6.11. The second-order valence-electron chi connectivity index (χ2n) is 7.58. The molecule has 1 aliphatic heterocycles. The number of hydrogen-bond donors (Lipinski definition) is 1. The molecule has 1 amide bonds. The van der Waals surface area contributed by atoms with Crippen LogP contribution in [0.3, 0.4) is 0 Å². The number of hydrogen-bond acceptors (Lipinski definition) is 5. The maximum absolute atomic E-state index is 12.3. The molecule has 0 spiro atoms. The van der Waals surface area contributed by atoms with Gasteiger partial charge in [-0.25, -0.2) is 0 Å². The van der Waals surface area contributed by atoms with Gasteiger partial charge in [-0.05, 0) is 66.8 Å². The zero-order valence-electron chi connectivity index (χ0n) is 17.8. The molecule has 0 radical (unpaired) electrons. The summed E-state index contributed by atoms with van der Waals surface area (Å²) in [6, 6.07) is 19.6. The molecule has 0 bridgehead atoms. The summed E-state index contributed by atoms with van der Waals surface area (Å²) in [5, 5.41) is 12.0. The number of amides is 1. The lowest BCUT2D eigenvalue weighted by molar-refractivity contribution is -0.118. The van der Waals surface area contributed by atoms with Crippen molar-refractivity contribution in [3.05, 3.63) is 82.6 Å². The molecule has 164 valence electrons. The van der Waals surface area contributed by atoms with Gasteiger partial charge >= 0.3 is 0 Å². The lowest BCUT2D eigenvalue weighted by Gasteiger charge is -2.06. The van der Waals surface area contributed by atoms with Gasteiger partial charge in [-0.1, -0.05) is 61.0 Å². The highest BCUT2D eigenvalue weighted by molar-refractivity contribution is 8.15. The number of nitrogens with zero attached hydrogens (tertiary/aromatic N) is 2. The normalized spacial score (nSPS) is 17.4. The van der Waals surface area contributed by atoms with Crippen LogP contribution >= 0.6 is 23.4 Å². The van der Waals surface area contributed by atoms with Crippen molar-refractivity contribution in [1.82, 2.24) is 5.32 Å². The number of carbonyl (C=O) groups excluding carboxylic acids is 1. The van der Waals surface area contributed by atoms with E-state index in [9.17, 15) is 4.79 Å². The van der Waals surface area contributed by atoms with E-state index >= 15 is 0 Å². The van der Waals surface area contributed by atoms with Gasteiger partial charge in [-0.3, -0.25) is 4.79 Å². The molecule has 0 saturated carbocycles. The number of halogens is 1. The fourth-order valence-corrected chi connectivity index (χ4v) is 4.44. The minimum Gasteiger partial charge on any atom is -0.455 e. The van der Waals surface area contributed by atoms with Crippen LogP contribution in [-0.4, -0.2) is 22.5 Å². The topological polar surface area (TPSA) is 67.0 Å². The van der Waals surface area contributed by atoms with Gasteiger partial charge in [-0.2, -0.15) is 5.10 Å². The highest BCUT2D eigenvalue weighted by atomic mass is 35.5. The Kier molecular flexibility index (Phi) is 7.45. The standard InChI is InChI=1S/C25H24ClN3O2S/c1-2-3-4-17-5-7-18(8-6-17)15-23-24(30)28-25(32-23)29-27-16-21-13-14-22(31-21)19-9-11-20(26)12-10-19/h5-14,16,23H,2-4,15H2,1H3,(H,28,29,30)/b27-16+. The molecule has 1 saturated heterocycles. The van der Waals surface area contributed by atoms with Crippen molar-refractivity contribution in [2.24, 2.45) is 10.2 Å². The maximum atomic E-state index is 12.3. The van der Waals surface area contributed by atoms with E-state index in [-0.39, 0.29) is 11.2 Å². The first-order valence-electron chi connectivity index (χ1n) is 10.6. The molecular weight excluding hydrogens is 442 g/mol. The SMILES string of the molecule is CCCCc1ccc(CC2S/C(=N/N=C/c3ccc(-c4ccc(Cl)cc4)o3)NC2=O)cc1. The molecule has 5 nitrogen and oxygen atoms in total. The van der Waals surface area contributed by atoms with Gasteiger partial charge in [-0.15, -0.1) is 5.10 Å². The minimum absolute atomic E-state index is 0.0398. The molecule has 32 heavy (non-hydrogen) atoms. The number of thioether (sulfide) groups is 1. The quantitative estimate of drug-likeness (QED) is 0.322. The predicted molar refractivity (Wildman–Crippen MR) is 132 cm³/mol. The number of rotatable bonds is 8. The summed E-state index contributed by atoms with van der Waals surface area (Å²) < 4.78 is 5.77. The van der Waals surface area contributed by atoms with Gasteiger partial charge in [0.2, 0.25) is 5.91 Å². The first-order valence-corrected chi connectivity index (χ1v) is 11.9. The smallest absolute Gasteiger partial charge is 0.239 e. The molecular formula is C25H24ClN3O2S. The third-order valence-corrected chi connectivity index (χ3v) is 6.45. The van der Waals surface area contributed by atoms with Crippen LogP contribution in [0.2, 0.25) is 5.02 Å². The Morgan fingerprint density at radius 2 is 1.81 bits per heavy atom. The zero-order chi connectivity index (χ0) is 22.3. The molecule has 1 aromatic heterocycles. The van der Waals surface area contributed by atoms with Crippen molar-refractivity contribution in [1.29, 1.82) is 0 Å². The molecule has 1 fully saturated rings. The van der Waals surface area contributed by atoms with Crippen LogP contribution in [0.15, 0.2) is 75.3 Å². The number of nitrogens with one attached hydrogen (secondary N) is 1. The summed E-state index contributed by atoms with van der Waals surface area (Å²) in [6.07, 6.45) is 5.67. The number of aryl methyl sites for hydroxylation is 1. The maximum Gasteiger partial charge on any atom is 0.239 e. The molecule has 1 unspecified atom stereocenters. The molecule has 1 N–H and O–H groups in total. The van der Waals surface area contributed by atoms with Crippen LogP contribution in [0.4, 0.5) is 0 Å². The first kappa shape index (κ1) is 22.4. The molecule has 4 rings (SSSR count). The van der Waals surface area contributed by atoms with Crippen LogP contribution in [0, 0.1) is 0 Å². The van der Waals surface area contributed by atoms with E-state index in [2.05, 4.69) is 46.7 Å². The Morgan fingerprint density at radius 1 is 1.06 bits per heavy atom. The Hall–Kier alpha value is -2.83. The Labute approximate surface area is 197 Å². The van der Waals surface area contributed by atoms with Gasteiger partial charge in [0.15, 0.2) is 5.17 Å². The Bertz CT molecular complexity index is 1120. The monoisotopic (exact) mass is 465 g/mol. The Balaban J connectivity index is 1.33. The summed E-state index contributed by atoms with van der Waals surface area (Å²) in [7, 11) is 0. The third kappa shape index (κ3) is 5.90. The number of carbonyl (C=O) groups is 1. The van der Waals surface area contributed by atoms with Gasteiger partial charge in [0.25, 0.3) is 0 Å². The molecule has 0 aliphatic carbocycles. The number of furan rings is 1. The number of amidine groups is 1. The van der Waals surface area contributed by atoms with Crippen molar-refractivity contribution < 1.29 is 9.21 Å². The van der Waals surface area contributed by atoms with Crippen LogP contribution < -0.4 is 5.32 Å². The average Bonchev–Trinajstić information content (AvgIpc) is 3.40. The number of unbranched alkanes of at least 4 members (excludes halogenated alkanes) is 1. The third-order valence-electron chi connectivity index (χ3n) is 5.13. The molecule has 1 aliphatic rings. The molecule has 2 aromatic carbocycles. The van der Waals surface area contributed by atoms with Crippen molar-refractivity contribution in [2.75, 3.05) is 0 Å². The average molecular weight is 466 g/mol. The van der Waals surface area contributed by atoms with E-state index in [4.69, 9.17) is 16.0 Å². The van der Waals surface area contributed by atoms with Crippen molar-refractivity contribution >= 4 is 40.7 Å². The summed E-state index contributed by atoms with van der Waals surface area (Å²) in [4.78, 5) is 12.3. The Morgan fingerprint density at radius 3 is 2.56 bits per heavy atom. The second-order valence-corrected chi connectivity index (χ2v) is 9.21. The van der Waals surface area contributed by atoms with Crippen molar-refractivity contribution in [3.63, 3.8) is 0 Å². The highest BCUT2D eigenvalue weighted by Crippen LogP contribution is 2.25. The molecule has 3 aromatic rings. The molecule has 2 heterocycles. The van der Waals surface area contributed by atoms with E-state index in [1.165, 1.54) is 36.4 Å². The number of benzene rings is 2. The van der Waals surface area contributed by atoms with Crippen molar-refractivity contribution in [3.8, 4) is 11.3 Å². The van der Waals surface area contributed by atoms with Crippen LogP contribution in [0.1, 0.15) is 36.7 Å². The molecule has 1 atom stereocenters. The van der Waals surface area contributed by atoms with Gasteiger partial charge in [0, 0.05) is 10.6 Å². The van der Waals surface area contributed by atoms with Gasteiger partial charge < -0.3 is 9.73 Å². The second kappa shape index (κ2) is 10.7. The van der Waals surface area contributed by atoms with E-state index in [1.807, 2.05) is 36.4 Å². The molecule has 7 heteroatoms. The lowest BCUT2D eigenvalue weighted by atomic mass is 10.0. The van der Waals surface area contributed by atoms with Crippen LogP contribution in [-0.2, 0) is 17.6 Å². The minimum atomic E-state index is -0.203.